The van der Waals surface area contributed by atoms with Crippen LogP contribution < -0.4 is 10.2 Å². The van der Waals surface area contributed by atoms with Crippen molar-refractivity contribution in [1.82, 2.24) is 14.8 Å². The highest BCUT2D eigenvalue weighted by Crippen LogP contribution is 2.31. The number of amidine groups is 1. The number of nitrogens with zero attached hydrogens (tertiary/aromatic N) is 5. The molecule has 8 heteroatoms. The summed E-state index contributed by atoms with van der Waals surface area (Å²) in [4.78, 5) is 23.6. The Kier molecular flexibility index (Phi) is 6.37. The van der Waals surface area contributed by atoms with Crippen molar-refractivity contribution in [2.45, 2.75) is 20.8 Å². The maximum atomic E-state index is 12.7. The monoisotopic (exact) mass is 482 g/mol. The van der Waals surface area contributed by atoms with Gasteiger partial charge < -0.3 is 10.2 Å². The number of anilines is 2. The van der Waals surface area contributed by atoms with E-state index in [1.807, 2.05) is 54.6 Å². The molecule has 0 saturated carbocycles. The molecule has 1 saturated heterocycles. The number of carbonyl (C=O) groups is 1. The molecule has 0 unspecified atom stereocenters. The third-order valence-electron chi connectivity index (χ3n) is 5.87. The number of aliphatic imine (C=N–C) groups is 1. The van der Waals surface area contributed by atoms with Crippen molar-refractivity contribution in [3.63, 3.8) is 0 Å². The van der Waals surface area contributed by atoms with Gasteiger partial charge in [-0.25, -0.2) is 14.5 Å². The van der Waals surface area contributed by atoms with Crippen molar-refractivity contribution in [3.8, 4) is 17.1 Å². The molecule has 1 aliphatic rings. The molecule has 7 nitrogen and oxygen atoms in total. The lowest BCUT2D eigenvalue weighted by Gasteiger charge is -2.22. The first-order chi connectivity index (χ1) is 17.0. The van der Waals surface area contributed by atoms with Crippen molar-refractivity contribution in [2.75, 3.05) is 22.5 Å². The molecule has 0 bridgehead atoms. The van der Waals surface area contributed by atoms with Gasteiger partial charge in [0.05, 0.1) is 5.69 Å². The Morgan fingerprint density at radius 2 is 1.69 bits per heavy atom. The van der Waals surface area contributed by atoms with E-state index in [0.717, 1.165) is 34.4 Å². The van der Waals surface area contributed by atoms with Crippen molar-refractivity contribution in [3.05, 3.63) is 89.7 Å². The van der Waals surface area contributed by atoms with E-state index in [4.69, 9.17) is 0 Å². The van der Waals surface area contributed by atoms with Gasteiger partial charge in [0, 0.05) is 29.2 Å². The van der Waals surface area contributed by atoms with Crippen molar-refractivity contribution in [2.24, 2.45) is 4.99 Å². The van der Waals surface area contributed by atoms with Crippen LogP contribution >= 0.6 is 11.8 Å². The van der Waals surface area contributed by atoms with Gasteiger partial charge in [0.1, 0.15) is 6.33 Å². The number of thioether (sulfide) groups is 1. The van der Waals surface area contributed by atoms with E-state index in [0.29, 0.717) is 11.5 Å². The molecule has 4 aromatic rings. The highest BCUT2D eigenvalue weighted by molar-refractivity contribution is 8.14. The van der Waals surface area contributed by atoms with Gasteiger partial charge in [0.15, 0.2) is 11.0 Å². The molecule has 2 amide bonds. The SMILES string of the molecule is Cc1ccc(-n2cnc(-c3ccc(NC(=O)/N=C4\SCCN4c4c(C)cccc4C)cc3)n2)cc1. The van der Waals surface area contributed by atoms with Gasteiger partial charge in [-0.1, -0.05) is 47.7 Å². The number of hydrogen-bond donors (Lipinski definition) is 1. The minimum Gasteiger partial charge on any atom is -0.319 e. The summed E-state index contributed by atoms with van der Waals surface area (Å²) in [5.41, 5.74) is 7.17. The molecular formula is C27H26N6OS. The number of carbonyl (C=O) groups excluding carboxylic acids is 1. The van der Waals surface area contributed by atoms with Crippen LogP contribution in [0.1, 0.15) is 16.7 Å². The largest absolute Gasteiger partial charge is 0.347 e. The Balaban J connectivity index is 1.28. The lowest BCUT2D eigenvalue weighted by Crippen LogP contribution is -2.26. The zero-order valence-corrected chi connectivity index (χ0v) is 20.7. The smallest absolute Gasteiger partial charge is 0.319 e. The summed E-state index contributed by atoms with van der Waals surface area (Å²) < 4.78 is 1.75. The molecule has 3 aromatic carbocycles. The van der Waals surface area contributed by atoms with Gasteiger partial charge in [-0.05, 0) is 68.3 Å². The zero-order valence-electron chi connectivity index (χ0n) is 19.9. The van der Waals surface area contributed by atoms with E-state index < -0.39 is 0 Å². The first-order valence-corrected chi connectivity index (χ1v) is 12.4. The Morgan fingerprint density at radius 1 is 0.971 bits per heavy atom. The Labute approximate surface area is 208 Å². The number of benzene rings is 3. The number of amides is 2. The summed E-state index contributed by atoms with van der Waals surface area (Å²) in [6.07, 6.45) is 1.70. The molecule has 0 aliphatic carbocycles. The summed E-state index contributed by atoms with van der Waals surface area (Å²) >= 11 is 1.60. The van der Waals surface area contributed by atoms with Gasteiger partial charge in [0.2, 0.25) is 0 Å². The Bertz CT molecular complexity index is 1370. The fraction of sp³-hybridized carbons (Fsp3) is 0.185. The third-order valence-corrected chi connectivity index (χ3v) is 6.82. The minimum absolute atomic E-state index is 0.389. The molecule has 1 N–H and O–H groups in total. The number of para-hydroxylation sites is 1. The van der Waals surface area contributed by atoms with Crippen molar-refractivity contribution >= 4 is 34.3 Å². The molecule has 1 aliphatic heterocycles. The summed E-state index contributed by atoms with van der Waals surface area (Å²) in [5, 5.41) is 8.18. The first-order valence-electron chi connectivity index (χ1n) is 11.4. The highest BCUT2D eigenvalue weighted by Gasteiger charge is 2.24. The second kappa shape index (κ2) is 9.76. The van der Waals surface area contributed by atoms with Gasteiger partial charge >= 0.3 is 6.03 Å². The molecule has 5 rings (SSSR count). The third kappa shape index (κ3) is 4.97. The van der Waals surface area contributed by atoms with E-state index in [1.54, 1.807) is 22.8 Å². The van der Waals surface area contributed by atoms with E-state index >= 15 is 0 Å². The number of rotatable bonds is 4. The molecular weight excluding hydrogens is 456 g/mol. The summed E-state index contributed by atoms with van der Waals surface area (Å²) in [5.74, 6) is 1.52. The zero-order chi connectivity index (χ0) is 24.4. The quantitative estimate of drug-likeness (QED) is 0.386. The molecule has 1 aromatic heterocycles. The van der Waals surface area contributed by atoms with Crippen LogP contribution in [0.25, 0.3) is 17.1 Å². The fourth-order valence-corrected chi connectivity index (χ4v) is 5.03. The van der Waals surface area contributed by atoms with Crippen LogP contribution in [-0.2, 0) is 0 Å². The maximum absolute atomic E-state index is 12.7. The molecule has 0 atom stereocenters. The summed E-state index contributed by atoms with van der Waals surface area (Å²) in [6, 6.07) is 21.4. The van der Waals surface area contributed by atoms with E-state index in [9.17, 15) is 4.79 Å². The van der Waals surface area contributed by atoms with Gasteiger partial charge in [-0.3, -0.25) is 0 Å². The summed E-state index contributed by atoms with van der Waals surface area (Å²) in [6.45, 7) is 7.06. The van der Waals surface area contributed by atoms with Gasteiger partial charge in [0.25, 0.3) is 0 Å². The van der Waals surface area contributed by atoms with Crippen LogP contribution in [-0.4, -0.2) is 38.3 Å². The summed E-state index contributed by atoms with van der Waals surface area (Å²) in [7, 11) is 0. The number of hydrogen-bond acceptors (Lipinski definition) is 4. The standard InChI is InChI=1S/C27H26N6OS/c1-18-7-13-23(14-8-18)33-17-28-25(31-33)21-9-11-22(12-10-21)29-26(34)30-27-32(15-16-35-27)24-19(2)5-4-6-20(24)3/h4-14,17H,15-16H2,1-3H3,(H,29,34)/b30-27-. The molecule has 176 valence electrons. The van der Waals surface area contributed by atoms with E-state index in [-0.39, 0.29) is 6.03 Å². The molecule has 2 heterocycles. The van der Waals surface area contributed by atoms with E-state index in [2.05, 4.69) is 58.2 Å². The molecule has 35 heavy (non-hydrogen) atoms. The number of aromatic nitrogens is 3. The van der Waals surface area contributed by atoms with E-state index in [1.165, 1.54) is 16.7 Å². The Morgan fingerprint density at radius 3 is 2.40 bits per heavy atom. The van der Waals surface area contributed by atoms with Crippen molar-refractivity contribution in [1.29, 1.82) is 0 Å². The van der Waals surface area contributed by atoms with Crippen LogP contribution in [0.5, 0.6) is 0 Å². The second-order valence-corrected chi connectivity index (χ2v) is 9.55. The predicted molar refractivity (Wildman–Crippen MR) is 144 cm³/mol. The van der Waals surface area contributed by atoms with Crippen LogP contribution in [0.2, 0.25) is 0 Å². The maximum Gasteiger partial charge on any atom is 0.347 e. The number of urea groups is 1. The lowest BCUT2D eigenvalue weighted by molar-refractivity contribution is 0.259. The second-order valence-electron chi connectivity index (χ2n) is 8.49. The lowest BCUT2D eigenvalue weighted by atomic mass is 10.1. The normalized spacial score (nSPS) is 14.5. The van der Waals surface area contributed by atoms with Crippen molar-refractivity contribution < 1.29 is 4.79 Å². The molecule has 0 spiro atoms. The van der Waals surface area contributed by atoms with Crippen LogP contribution in [0.4, 0.5) is 16.2 Å². The Hall–Kier alpha value is -3.91. The highest BCUT2D eigenvalue weighted by atomic mass is 32.2. The number of aryl methyl sites for hydroxylation is 3. The molecule has 1 fully saturated rings. The first kappa shape index (κ1) is 22.9. The minimum atomic E-state index is -0.389. The average Bonchev–Trinajstić information content (AvgIpc) is 3.50. The van der Waals surface area contributed by atoms with Crippen LogP contribution in [0.3, 0.4) is 0 Å². The van der Waals surface area contributed by atoms with Crippen LogP contribution in [0, 0.1) is 20.8 Å². The average molecular weight is 483 g/mol. The topological polar surface area (TPSA) is 75.4 Å². The van der Waals surface area contributed by atoms with Crippen LogP contribution in [0.15, 0.2) is 78.0 Å². The van der Waals surface area contributed by atoms with Gasteiger partial charge in [-0.2, -0.15) is 4.99 Å². The number of nitrogens with one attached hydrogen (secondary N) is 1. The predicted octanol–water partition coefficient (Wildman–Crippen LogP) is 6.00. The van der Waals surface area contributed by atoms with Gasteiger partial charge in [-0.15, -0.1) is 5.10 Å². The molecule has 0 radical (unpaired) electrons. The fourth-order valence-electron chi connectivity index (χ4n) is 4.09.